The van der Waals surface area contributed by atoms with Crippen molar-refractivity contribution in [3.8, 4) is 0 Å². The summed E-state index contributed by atoms with van der Waals surface area (Å²) in [4.78, 5) is 18.5. The molecule has 3 heterocycles. The Morgan fingerprint density at radius 1 is 1.14 bits per heavy atom. The molecule has 2 atom stereocenters. The molecule has 4 rings (SSSR count). The van der Waals surface area contributed by atoms with Crippen LogP contribution in [-0.4, -0.2) is 63.5 Å². The van der Waals surface area contributed by atoms with Gasteiger partial charge < -0.3 is 4.90 Å². The summed E-state index contributed by atoms with van der Waals surface area (Å²) < 4.78 is 17.5. The summed E-state index contributed by atoms with van der Waals surface area (Å²) >= 11 is 1.68. The molecule has 1 fully saturated rings. The summed E-state index contributed by atoms with van der Waals surface area (Å²) in [5.74, 6) is 0.686. The van der Waals surface area contributed by atoms with Gasteiger partial charge in [-0.25, -0.2) is 23.5 Å². The predicted molar refractivity (Wildman–Crippen MR) is 115 cm³/mol. The largest absolute Gasteiger partial charge is 0.338 e. The number of aromatic nitrogens is 3. The predicted octanol–water partition coefficient (Wildman–Crippen LogP) is 3.06. The maximum atomic E-state index is 12.3. The maximum absolute atomic E-state index is 12.3. The zero-order valence-electron chi connectivity index (χ0n) is 16.3. The summed E-state index contributed by atoms with van der Waals surface area (Å²) in [6.07, 6.45) is 4.87. The fraction of sp³-hybridized carbons (Fsp3) is 0.421. The molecule has 0 aliphatic carbocycles. The average molecular weight is 417 g/mol. The van der Waals surface area contributed by atoms with E-state index in [2.05, 4.69) is 54.2 Å². The first-order valence-electron chi connectivity index (χ1n) is 9.22. The van der Waals surface area contributed by atoms with E-state index in [-0.39, 0.29) is 0 Å². The van der Waals surface area contributed by atoms with Gasteiger partial charge in [-0.15, -0.1) is 11.3 Å². The first kappa shape index (κ1) is 19.2. The van der Waals surface area contributed by atoms with Crippen molar-refractivity contribution in [3.63, 3.8) is 0 Å². The van der Waals surface area contributed by atoms with Crippen molar-refractivity contribution in [2.45, 2.75) is 17.9 Å². The second-order valence-electron chi connectivity index (χ2n) is 6.98. The van der Waals surface area contributed by atoms with Crippen molar-refractivity contribution in [3.05, 3.63) is 41.7 Å². The molecule has 148 valence electrons. The molecule has 9 heteroatoms. The van der Waals surface area contributed by atoms with E-state index in [1.165, 1.54) is 10.3 Å². The van der Waals surface area contributed by atoms with Crippen LogP contribution >= 0.6 is 11.3 Å². The number of anilines is 1. The summed E-state index contributed by atoms with van der Waals surface area (Å²) in [6, 6.07) is 6.91. The minimum absolute atomic E-state index is 0.340. The van der Waals surface area contributed by atoms with E-state index in [0.29, 0.717) is 16.9 Å². The molecule has 0 radical (unpaired) electrons. The van der Waals surface area contributed by atoms with E-state index in [0.717, 1.165) is 31.7 Å². The minimum atomic E-state index is -2.39. The SMILES string of the molecule is CN=[S@](C)(=O)c1cnc(N2CCN([C@H](C)c3ccc4scnc4c3)CC2)nc1. The summed E-state index contributed by atoms with van der Waals surface area (Å²) in [7, 11) is -0.831. The Kier molecular flexibility index (Phi) is 5.31. The Morgan fingerprint density at radius 2 is 1.86 bits per heavy atom. The molecule has 0 N–H and O–H groups in total. The van der Waals surface area contributed by atoms with E-state index in [1.807, 2.05) is 5.51 Å². The molecule has 1 aliphatic heterocycles. The van der Waals surface area contributed by atoms with E-state index in [4.69, 9.17) is 0 Å². The van der Waals surface area contributed by atoms with Gasteiger partial charge in [0.25, 0.3) is 0 Å². The Bertz CT molecular complexity index is 1080. The molecule has 7 nitrogen and oxygen atoms in total. The number of hydrogen-bond donors (Lipinski definition) is 0. The molecule has 1 saturated heterocycles. The molecule has 0 amide bonds. The quantitative estimate of drug-likeness (QED) is 0.651. The van der Waals surface area contributed by atoms with Crippen molar-refractivity contribution in [2.24, 2.45) is 4.36 Å². The zero-order chi connectivity index (χ0) is 19.7. The minimum Gasteiger partial charge on any atom is -0.338 e. The lowest BCUT2D eigenvalue weighted by Crippen LogP contribution is -2.47. The fourth-order valence-corrected chi connectivity index (χ4v) is 4.79. The highest BCUT2D eigenvalue weighted by Gasteiger charge is 2.24. The lowest BCUT2D eigenvalue weighted by atomic mass is 10.1. The fourth-order valence-electron chi connectivity index (χ4n) is 3.43. The lowest BCUT2D eigenvalue weighted by Gasteiger charge is -2.38. The van der Waals surface area contributed by atoms with Crippen molar-refractivity contribution < 1.29 is 4.21 Å². The zero-order valence-corrected chi connectivity index (χ0v) is 17.9. The van der Waals surface area contributed by atoms with Crippen molar-refractivity contribution in [2.75, 3.05) is 44.4 Å². The van der Waals surface area contributed by atoms with Crippen LogP contribution in [0.4, 0.5) is 5.95 Å². The summed E-state index contributed by atoms with van der Waals surface area (Å²) in [5.41, 5.74) is 4.27. The molecular weight excluding hydrogens is 392 g/mol. The van der Waals surface area contributed by atoms with Gasteiger partial charge in [-0.3, -0.25) is 4.90 Å². The Labute approximate surface area is 169 Å². The molecule has 1 aromatic carbocycles. The standard InChI is InChI=1S/C19H24N6OS2/c1-14(15-4-5-18-17(10-15)23-13-27-18)24-6-8-25(9-7-24)19-21-11-16(12-22-19)28(3,26)20-2/h4-5,10-14H,6-9H2,1-3H3/t14-,28-/m1/s1. The van der Waals surface area contributed by atoms with Gasteiger partial charge in [0.2, 0.25) is 5.95 Å². The van der Waals surface area contributed by atoms with Crippen LogP contribution in [0.5, 0.6) is 0 Å². The first-order valence-corrected chi connectivity index (χ1v) is 12.0. The molecule has 0 bridgehead atoms. The van der Waals surface area contributed by atoms with Crippen LogP contribution in [-0.2, 0) is 9.73 Å². The first-order chi connectivity index (χ1) is 13.5. The molecule has 28 heavy (non-hydrogen) atoms. The third kappa shape index (κ3) is 3.74. The van der Waals surface area contributed by atoms with Crippen LogP contribution in [0.25, 0.3) is 10.2 Å². The van der Waals surface area contributed by atoms with Crippen LogP contribution in [0.3, 0.4) is 0 Å². The van der Waals surface area contributed by atoms with Gasteiger partial charge in [0.15, 0.2) is 0 Å². The number of fused-ring (bicyclic) bond motifs is 1. The van der Waals surface area contributed by atoms with Crippen molar-refractivity contribution >= 4 is 37.2 Å². The highest BCUT2D eigenvalue weighted by molar-refractivity contribution is 7.93. The molecule has 0 spiro atoms. The number of thiazole rings is 1. The second-order valence-corrected chi connectivity index (χ2v) is 10.3. The molecular formula is C19H24N6OS2. The van der Waals surface area contributed by atoms with Gasteiger partial charge in [-0.05, 0) is 24.6 Å². The van der Waals surface area contributed by atoms with Crippen molar-refractivity contribution in [1.29, 1.82) is 0 Å². The molecule has 2 aromatic heterocycles. The van der Waals surface area contributed by atoms with E-state index in [1.54, 1.807) is 37.0 Å². The third-order valence-corrected chi connectivity index (χ3v) is 7.97. The van der Waals surface area contributed by atoms with E-state index < -0.39 is 9.73 Å². The maximum Gasteiger partial charge on any atom is 0.225 e. The topological polar surface area (TPSA) is 74.6 Å². The number of rotatable bonds is 4. The van der Waals surface area contributed by atoms with Gasteiger partial charge >= 0.3 is 0 Å². The third-order valence-electron chi connectivity index (χ3n) is 5.38. The smallest absolute Gasteiger partial charge is 0.225 e. The lowest BCUT2D eigenvalue weighted by molar-refractivity contribution is 0.198. The molecule has 1 aliphatic rings. The normalized spacial score (nSPS) is 18.8. The van der Waals surface area contributed by atoms with Crippen LogP contribution in [0.2, 0.25) is 0 Å². The van der Waals surface area contributed by atoms with Crippen LogP contribution in [0, 0.1) is 0 Å². The monoisotopic (exact) mass is 416 g/mol. The van der Waals surface area contributed by atoms with Gasteiger partial charge in [0.05, 0.1) is 30.4 Å². The van der Waals surface area contributed by atoms with Crippen LogP contribution in [0.1, 0.15) is 18.5 Å². The molecule has 3 aromatic rings. The van der Waals surface area contributed by atoms with Crippen LogP contribution < -0.4 is 4.90 Å². The Morgan fingerprint density at radius 3 is 2.54 bits per heavy atom. The second kappa shape index (κ2) is 7.73. The Hall–Kier alpha value is -2.10. The number of hydrogen-bond acceptors (Lipinski definition) is 8. The van der Waals surface area contributed by atoms with Gasteiger partial charge in [0.1, 0.15) is 0 Å². The molecule has 0 unspecified atom stereocenters. The Balaban J connectivity index is 1.42. The van der Waals surface area contributed by atoms with E-state index >= 15 is 0 Å². The highest BCUT2D eigenvalue weighted by Crippen LogP contribution is 2.27. The number of nitrogens with zero attached hydrogens (tertiary/aromatic N) is 6. The summed E-state index contributed by atoms with van der Waals surface area (Å²) in [5, 5.41) is 0. The van der Waals surface area contributed by atoms with Crippen LogP contribution in [0.15, 0.2) is 45.4 Å². The highest BCUT2D eigenvalue weighted by atomic mass is 32.2. The van der Waals surface area contributed by atoms with Gasteiger partial charge in [-0.1, -0.05) is 6.07 Å². The number of benzene rings is 1. The average Bonchev–Trinajstić information content (AvgIpc) is 3.21. The molecule has 0 saturated carbocycles. The van der Waals surface area contributed by atoms with Gasteiger partial charge in [-0.2, -0.15) is 0 Å². The van der Waals surface area contributed by atoms with E-state index in [9.17, 15) is 4.21 Å². The number of piperazine rings is 1. The summed E-state index contributed by atoms with van der Waals surface area (Å²) in [6.45, 7) is 5.86. The van der Waals surface area contributed by atoms with Crippen molar-refractivity contribution in [1.82, 2.24) is 19.9 Å². The van der Waals surface area contributed by atoms with Gasteiger partial charge in [0, 0.05) is 57.9 Å².